The minimum Gasteiger partial charge on any atom is -0.490 e. The molecule has 0 saturated carbocycles. The topological polar surface area (TPSA) is 102 Å². The van der Waals surface area contributed by atoms with E-state index in [1.165, 1.54) is 0 Å². The maximum absolute atomic E-state index is 9.51. The summed E-state index contributed by atoms with van der Waals surface area (Å²) in [4.78, 5) is 9.13. The summed E-state index contributed by atoms with van der Waals surface area (Å²) < 4.78 is 11.1. The van der Waals surface area contributed by atoms with Crippen LogP contribution in [0.4, 0.5) is 0 Å². The third-order valence-electron chi connectivity index (χ3n) is 4.81. The van der Waals surface area contributed by atoms with E-state index >= 15 is 0 Å². The zero-order chi connectivity index (χ0) is 21.8. The van der Waals surface area contributed by atoms with Gasteiger partial charge in [0.1, 0.15) is 18.5 Å². The van der Waals surface area contributed by atoms with E-state index in [1.54, 1.807) is 6.20 Å². The van der Waals surface area contributed by atoms with Crippen molar-refractivity contribution >= 4 is 0 Å². The van der Waals surface area contributed by atoms with E-state index in [-0.39, 0.29) is 13.2 Å². The summed E-state index contributed by atoms with van der Waals surface area (Å²) in [6, 6.07) is 5.86. The van der Waals surface area contributed by atoms with Crippen LogP contribution >= 0.6 is 0 Å². The summed E-state index contributed by atoms with van der Waals surface area (Å²) in [6.45, 7) is 9.92. The second-order valence-electron chi connectivity index (χ2n) is 8.10. The van der Waals surface area contributed by atoms with Crippen LogP contribution in [-0.4, -0.2) is 44.7 Å². The molecule has 2 heterocycles. The van der Waals surface area contributed by atoms with E-state index in [1.807, 2.05) is 39.0 Å². The van der Waals surface area contributed by atoms with E-state index in [4.69, 9.17) is 14.4 Å². The third kappa shape index (κ3) is 5.04. The van der Waals surface area contributed by atoms with Crippen molar-refractivity contribution in [1.29, 1.82) is 0 Å². The summed E-state index contributed by atoms with van der Waals surface area (Å²) >= 11 is 0. The zero-order valence-corrected chi connectivity index (χ0v) is 18.1. The molecule has 0 unspecified atom stereocenters. The summed E-state index contributed by atoms with van der Waals surface area (Å²) in [5, 5.41) is 22.6. The monoisotopic (exact) mass is 411 g/mol. The highest BCUT2D eigenvalue weighted by molar-refractivity contribution is 5.63. The fourth-order valence-corrected chi connectivity index (χ4v) is 3.32. The number of aromatic nitrogens is 3. The first-order valence-electron chi connectivity index (χ1n) is 10.1. The molecule has 2 aromatic heterocycles. The van der Waals surface area contributed by atoms with Crippen molar-refractivity contribution in [3.8, 4) is 28.6 Å². The molecule has 7 nitrogen and oxygen atoms in total. The van der Waals surface area contributed by atoms with Gasteiger partial charge in [-0.15, -0.1) is 0 Å². The Kier molecular flexibility index (Phi) is 6.84. The van der Waals surface area contributed by atoms with Gasteiger partial charge in [0.15, 0.2) is 0 Å². The van der Waals surface area contributed by atoms with E-state index in [0.717, 1.165) is 39.9 Å². The molecule has 0 amide bonds. The van der Waals surface area contributed by atoms with Crippen LogP contribution in [0.1, 0.15) is 36.2 Å². The van der Waals surface area contributed by atoms with Gasteiger partial charge in [0.25, 0.3) is 5.89 Å². The van der Waals surface area contributed by atoms with Crippen LogP contribution in [0.15, 0.2) is 28.9 Å². The highest BCUT2D eigenvalue weighted by atomic mass is 16.5. The molecule has 3 aromatic rings. The number of hydrogen-bond acceptors (Lipinski definition) is 7. The number of benzene rings is 1. The smallest absolute Gasteiger partial charge is 0.259 e. The van der Waals surface area contributed by atoms with Crippen molar-refractivity contribution in [3.63, 3.8) is 0 Å². The predicted octanol–water partition coefficient (Wildman–Crippen LogP) is 3.65. The predicted molar refractivity (Wildman–Crippen MR) is 114 cm³/mol. The molecule has 0 bridgehead atoms. The first kappa shape index (κ1) is 21.9. The van der Waals surface area contributed by atoms with Crippen LogP contribution in [-0.2, 0) is 6.42 Å². The fourth-order valence-electron chi connectivity index (χ4n) is 3.32. The van der Waals surface area contributed by atoms with Crippen molar-refractivity contribution < 1.29 is 19.5 Å². The molecule has 1 atom stereocenters. The Hall–Kier alpha value is -2.77. The first-order chi connectivity index (χ1) is 14.3. The second-order valence-corrected chi connectivity index (χ2v) is 8.10. The van der Waals surface area contributed by atoms with Crippen molar-refractivity contribution in [3.05, 3.63) is 46.8 Å². The third-order valence-corrected chi connectivity index (χ3v) is 4.81. The Morgan fingerprint density at radius 1 is 1.03 bits per heavy atom. The zero-order valence-electron chi connectivity index (χ0n) is 18.1. The fraction of sp³-hybridized carbons (Fsp3) is 0.435. The highest BCUT2D eigenvalue weighted by Crippen LogP contribution is 2.30. The number of ether oxygens (including phenoxy) is 1. The number of aryl methyl sites for hydroxylation is 3. The van der Waals surface area contributed by atoms with Gasteiger partial charge in [-0.2, -0.15) is 4.98 Å². The average Bonchev–Trinajstić information content (AvgIpc) is 3.18. The largest absolute Gasteiger partial charge is 0.490 e. The number of pyridine rings is 1. The highest BCUT2D eigenvalue weighted by Gasteiger charge is 2.16. The molecule has 2 N–H and O–H groups in total. The molecular weight excluding hydrogens is 382 g/mol. The quantitative estimate of drug-likeness (QED) is 0.583. The SMILES string of the molecule is Cc1cc(-c2nc(-c3cc(C)c(OC[C@@H](O)CO)c(C)c3)no2)cnc1CC(C)C. The van der Waals surface area contributed by atoms with Crippen LogP contribution in [0.3, 0.4) is 0 Å². The van der Waals surface area contributed by atoms with Gasteiger partial charge >= 0.3 is 0 Å². The molecule has 7 heteroatoms. The molecule has 0 fully saturated rings. The maximum atomic E-state index is 9.51. The molecule has 3 rings (SSSR count). The van der Waals surface area contributed by atoms with E-state index in [9.17, 15) is 5.11 Å². The van der Waals surface area contributed by atoms with Gasteiger partial charge in [-0.3, -0.25) is 4.98 Å². The first-order valence-corrected chi connectivity index (χ1v) is 10.1. The Morgan fingerprint density at radius 2 is 1.70 bits per heavy atom. The number of nitrogens with zero attached hydrogens (tertiary/aromatic N) is 3. The number of hydrogen-bond donors (Lipinski definition) is 2. The Balaban J connectivity index is 1.83. The Labute approximate surface area is 176 Å². The molecule has 160 valence electrons. The molecule has 0 aliphatic heterocycles. The molecule has 0 radical (unpaired) electrons. The minimum atomic E-state index is -0.910. The van der Waals surface area contributed by atoms with E-state index in [2.05, 4.69) is 29.0 Å². The van der Waals surface area contributed by atoms with Crippen molar-refractivity contribution in [2.24, 2.45) is 5.92 Å². The van der Waals surface area contributed by atoms with E-state index in [0.29, 0.717) is 23.4 Å². The van der Waals surface area contributed by atoms with E-state index < -0.39 is 6.10 Å². The summed E-state index contributed by atoms with van der Waals surface area (Å²) in [6.07, 6.45) is 1.80. The lowest BCUT2D eigenvalue weighted by molar-refractivity contribution is 0.0532. The summed E-state index contributed by atoms with van der Waals surface area (Å²) in [5.41, 5.74) is 5.58. The lowest BCUT2D eigenvalue weighted by atomic mass is 10.0. The van der Waals surface area contributed by atoms with Crippen molar-refractivity contribution in [1.82, 2.24) is 15.1 Å². The molecule has 0 saturated heterocycles. The molecule has 0 spiro atoms. The van der Waals surface area contributed by atoms with Crippen molar-refractivity contribution in [2.45, 2.75) is 47.1 Å². The van der Waals surface area contributed by atoms with Gasteiger partial charge in [-0.05, 0) is 68.0 Å². The Morgan fingerprint density at radius 3 is 2.30 bits per heavy atom. The van der Waals surface area contributed by atoms with Crippen LogP contribution in [0.2, 0.25) is 0 Å². The van der Waals surface area contributed by atoms with Gasteiger partial charge in [0.05, 0.1) is 12.2 Å². The molecule has 30 heavy (non-hydrogen) atoms. The maximum Gasteiger partial charge on any atom is 0.259 e. The van der Waals surface area contributed by atoms with Crippen LogP contribution in [0.25, 0.3) is 22.8 Å². The molecule has 0 aliphatic rings. The Bertz CT molecular complexity index is 990. The summed E-state index contributed by atoms with van der Waals surface area (Å²) in [5.74, 6) is 2.14. The van der Waals surface area contributed by atoms with Crippen LogP contribution in [0, 0.1) is 26.7 Å². The van der Waals surface area contributed by atoms with Crippen LogP contribution in [0.5, 0.6) is 5.75 Å². The van der Waals surface area contributed by atoms with Gasteiger partial charge in [-0.1, -0.05) is 19.0 Å². The van der Waals surface area contributed by atoms with Gasteiger partial charge in [0, 0.05) is 17.5 Å². The minimum absolute atomic E-state index is 0.0308. The van der Waals surface area contributed by atoms with Crippen molar-refractivity contribution in [2.75, 3.05) is 13.2 Å². The lowest BCUT2D eigenvalue weighted by Gasteiger charge is -2.15. The summed E-state index contributed by atoms with van der Waals surface area (Å²) in [7, 11) is 0. The molecular formula is C23H29N3O4. The molecule has 1 aromatic carbocycles. The van der Waals surface area contributed by atoms with Gasteiger partial charge in [-0.25, -0.2) is 0 Å². The second kappa shape index (κ2) is 9.36. The number of rotatable bonds is 8. The van der Waals surface area contributed by atoms with Gasteiger partial charge < -0.3 is 19.5 Å². The standard InChI is InChI=1S/C23H29N3O4/c1-13(2)6-20-14(3)7-18(10-24-20)23-25-22(26-30-23)17-8-15(4)21(16(5)9-17)29-12-19(28)11-27/h7-10,13,19,27-28H,6,11-12H2,1-5H3/t19-/m0/s1. The number of aliphatic hydroxyl groups is 2. The van der Waals surface area contributed by atoms with Crippen LogP contribution < -0.4 is 4.74 Å². The normalized spacial score (nSPS) is 12.4. The van der Waals surface area contributed by atoms with Gasteiger partial charge in [0.2, 0.25) is 5.82 Å². The molecule has 0 aliphatic carbocycles. The lowest BCUT2D eigenvalue weighted by Crippen LogP contribution is -2.21. The average molecular weight is 412 g/mol. The number of aliphatic hydroxyl groups excluding tert-OH is 2.